The molecule has 0 bridgehead atoms. The number of hydrogen-bond acceptors (Lipinski definition) is 10. The lowest BCUT2D eigenvalue weighted by atomic mass is 9.44. The van der Waals surface area contributed by atoms with Crippen molar-refractivity contribution in [3.8, 4) is 0 Å². The Kier molecular flexibility index (Phi) is 12.7. The number of benzene rings is 2. The molecule has 60 heavy (non-hydrogen) atoms. The number of amides is 1. The second kappa shape index (κ2) is 17.2. The van der Waals surface area contributed by atoms with Crippen molar-refractivity contribution in [2.45, 2.75) is 115 Å². The summed E-state index contributed by atoms with van der Waals surface area (Å²) in [5.41, 5.74) is -2.02. The Hall–Kier alpha value is -3.72. The lowest BCUT2D eigenvalue weighted by Crippen LogP contribution is -2.69. The number of allylic oxidation sites excluding steroid dienone is 4. The molecule has 0 unspecified atom stereocenters. The van der Waals surface area contributed by atoms with Gasteiger partial charge >= 0.3 is 0 Å². The third-order valence-electron chi connectivity index (χ3n) is 14.5. The molecule has 0 radical (unpaired) electrons. The number of Topliss-reactive ketones (excluding diaryl/α,β-unsaturated/α-hetero) is 3. The van der Waals surface area contributed by atoms with Crippen LogP contribution in [-0.2, 0) is 39.9 Å². The van der Waals surface area contributed by atoms with Crippen molar-refractivity contribution >= 4 is 50.7 Å². The molecule has 5 aliphatic rings. The summed E-state index contributed by atoms with van der Waals surface area (Å²) in [6, 6.07) is 14.7. The van der Waals surface area contributed by atoms with Crippen LogP contribution in [0.25, 0.3) is 0 Å². The zero-order valence-electron chi connectivity index (χ0n) is 34.7. The molecule has 11 nitrogen and oxygen atoms in total. The van der Waals surface area contributed by atoms with Gasteiger partial charge in [-0.1, -0.05) is 77.8 Å². The molecule has 1 saturated heterocycles. The molecule has 2 aromatic rings. The highest BCUT2D eigenvalue weighted by atomic mass is 79.9. The number of anilines is 1. The molecule has 13 heteroatoms. The Bertz CT molecular complexity index is 2090. The molecule has 2 aromatic carbocycles. The maximum absolute atomic E-state index is 17.7. The predicted molar refractivity (Wildman–Crippen MR) is 226 cm³/mol. The zero-order valence-corrected chi connectivity index (χ0v) is 36.3. The van der Waals surface area contributed by atoms with Crippen LogP contribution in [0.4, 0.5) is 10.1 Å². The molecule has 4 aliphatic carbocycles. The molecule has 11 atom stereocenters. The van der Waals surface area contributed by atoms with E-state index in [0.29, 0.717) is 67.2 Å². The van der Waals surface area contributed by atoms with Crippen LogP contribution >= 0.6 is 15.9 Å². The van der Waals surface area contributed by atoms with Crippen LogP contribution in [0.1, 0.15) is 95.6 Å². The lowest BCUT2D eigenvalue weighted by Gasteiger charge is -2.62. The van der Waals surface area contributed by atoms with Gasteiger partial charge in [-0.15, -0.1) is 0 Å². The Labute approximate surface area is 359 Å². The number of fused-ring (bicyclic) bond motifs is 7. The molecule has 1 heterocycles. The van der Waals surface area contributed by atoms with Gasteiger partial charge in [-0.05, 0) is 100 Å². The van der Waals surface area contributed by atoms with E-state index in [-0.39, 0.29) is 36.1 Å². The summed E-state index contributed by atoms with van der Waals surface area (Å²) in [6.45, 7) is 6.86. The number of alkyl halides is 2. The highest BCUT2D eigenvalue weighted by Gasteiger charge is 2.79. The molecule has 4 fully saturated rings. The highest BCUT2D eigenvalue weighted by molar-refractivity contribution is 9.09. The summed E-state index contributed by atoms with van der Waals surface area (Å²) in [6.07, 6.45) is 4.14. The molecule has 4 N–H and O–H groups in total. The fourth-order valence-electron chi connectivity index (χ4n) is 11.1. The summed E-state index contributed by atoms with van der Waals surface area (Å²) >= 11 is 3.15. The number of carbonyl (C=O) groups excluding carboxylic acids is 5. The molecule has 0 spiro atoms. The zero-order chi connectivity index (χ0) is 43.2. The first kappa shape index (κ1) is 44.3. The van der Waals surface area contributed by atoms with E-state index >= 15 is 4.39 Å². The largest absolute Gasteiger partial charge is 0.390 e. The van der Waals surface area contributed by atoms with Crippen molar-refractivity contribution < 1.29 is 48.0 Å². The van der Waals surface area contributed by atoms with E-state index < -0.39 is 76.8 Å². The maximum atomic E-state index is 17.7. The summed E-state index contributed by atoms with van der Waals surface area (Å²) in [4.78, 5) is 63.5. The van der Waals surface area contributed by atoms with Gasteiger partial charge in [-0.25, -0.2) is 4.39 Å². The van der Waals surface area contributed by atoms with Crippen LogP contribution in [0.5, 0.6) is 0 Å². The van der Waals surface area contributed by atoms with Crippen LogP contribution in [0, 0.1) is 28.6 Å². The lowest BCUT2D eigenvalue weighted by molar-refractivity contribution is -0.231. The molecular weight excluding hydrogens is 835 g/mol. The van der Waals surface area contributed by atoms with Gasteiger partial charge in [0.1, 0.15) is 18.2 Å². The molecule has 3 saturated carbocycles. The molecule has 7 rings (SSSR count). The average molecular weight is 892 g/mol. The first-order valence-corrected chi connectivity index (χ1v) is 22.2. The van der Waals surface area contributed by atoms with Crippen molar-refractivity contribution in [2.75, 3.05) is 23.8 Å². The number of ketones is 4. The molecular formula is C47H56BrFN2O9. The van der Waals surface area contributed by atoms with E-state index in [1.807, 2.05) is 49.4 Å². The molecule has 0 aromatic heterocycles. The summed E-state index contributed by atoms with van der Waals surface area (Å²) in [5, 5.41) is 28.5. The fraction of sp³-hybridized carbons (Fsp3) is 0.553. The SMILES string of the molecule is C[C@H](CC(=O)[C@H](C)NCCCC(=O)CBr)C(=O)Nc1cccc(Cc2ccc([C@@H]3O[C@@H]4C[C@H]5[C@@H]6CCC7=CC(=O)C=C[C@]7(C)[C@@]6(F)[C@@H](O)C[C@]5(C)[C@]4(C(=O)CO)O3)cc2)c1. The number of aliphatic hydroxyl groups excluding tert-OH is 2. The normalized spacial score (nSPS) is 33.8. The summed E-state index contributed by atoms with van der Waals surface area (Å²) in [5.74, 6) is -2.54. The third-order valence-corrected chi connectivity index (χ3v) is 15.1. The Morgan fingerprint density at radius 2 is 1.80 bits per heavy atom. The van der Waals surface area contributed by atoms with Crippen molar-refractivity contribution in [3.63, 3.8) is 0 Å². The topological polar surface area (TPSA) is 168 Å². The van der Waals surface area contributed by atoms with Crippen LogP contribution in [-0.4, -0.2) is 87.3 Å². The van der Waals surface area contributed by atoms with Gasteiger partial charge in [0.2, 0.25) is 5.91 Å². The monoisotopic (exact) mass is 890 g/mol. The quantitative estimate of drug-likeness (QED) is 0.112. The number of nitrogens with one attached hydrogen (secondary N) is 2. The summed E-state index contributed by atoms with van der Waals surface area (Å²) in [7, 11) is 0. The van der Waals surface area contributed by atoms with Crippen LogP contribution < -0.4 is 10.6 Å². The van der Waals surface area contributed by atoms with Crippen molar-refractivity contribution in [1.82, 2.24) is 5.32 Å². The third kappa shape index (κ3) is 7.61. The highest BCUT2D eigenvalue weighted by Crippen LogP contribution is 2.72. The van der Waals surface area contributed by atoms with Gasteiger partial charge in [-0.2, -0.15) is 0 Å². The molecule has 1 amide bonds. The minimum absolute atomic E-state index is 0.0740. The van der Waals surface area contributed by atoms with E-state index in [0.717, 1.165) is 11.1 Å². The first-order valence-electron chi connectivity index (χ1n) is 21.1. The van der Waals surface area contributed by atoms with Gasteiger partial charge in [-0.3, -0.25) is 24.0 Å². The number of rotatable bonds is 16. The van der Waals surface area contributed by atoms with Gasteiger partial charge in [0.05, 0.1) is 23.6 Å². The van der Waals surface area contributed by atoms with Crippen LogP contribution in [0.15, 0.2) is 72.3 Å². The smallest absolute Gasteiger partial charge is 0.227 e. The Balaban J connectivity index is 0.988. The van der Waals surface area contributed by atoms with Gasteiger partial charge in [0, 0.05) is 46.8 Å². The second-order valence-electron chi connectivity index (χ2n) is 18.0. The van der Waals surface area contributed by atoms with Gasteiger partial charge in [0.15, 0.2) is 29.1 Å². The van der Waals surface area contributed by atoms with E-state index in [1.165, 1.54) is 12.2 Å². The van der Waals surface area contributed by atoms with Crippen LogP contribution in [0.3, 0.4) is 0 Å². The van der Waals surface area contributed by atoms with E-state index in [9.17, 15) is 34.2 Å². The maximum Gasteiger partial charge on any atom is 0.227 e. The van der Waals surface area contributed by atoms with Gasteiger partial charge in [0.25, 0.3) is 0 Å². The molecule has 1 aliphatic heterocycles. The van der Waals surface area contributed by atoms with E-state index in [2.05, 4.69) is 26.6 Å². The number of carbonyl (C=O) groups is 5. The number of ether oxygens (including phenoxy) is 2. The predicted octanol–water partition coefficient (Wildman–Crippen LogP) is 6.23. The van der Waals surface area contributed by atoms with Crippen molar-refractivity contribution in [2.24, 2.45) is 28.6 Å². The average Bonchev–Trinajstić information content (AvgIpc) is 3.73. The number of hydrogen-bond donors (Lipinski definition) is 4. The minimum atomic E-state index is -2.08. The first-order chi connectivity index (χ1) is 28.5. The van der Waals surface area contributed by atoms with Crippen LogP contribution in [0.2, 0.25) is 0 Å². The number of aliphatic hydroxyl groups is 2. The van der Waals surface area contributed by atoms with Gasteiger partial charge < -0.3 is 30.3 Å². The van der Waals surface area contributed by atoms with Crippen molar-refractivity contribution in [1.29, 1.82) is 0 Å². The number of halogens is 2. The molecule has 322 valence electrons. The van der Waals surface area contributed by atoms with Crippen molar-refractivity contribution in [3.05, 3.63) is 89.0 Å². The second-order valence-corrected chi connectivity index (χ2v) is 18.6. The van der Waals surface area contributed by atoms with E-state index in [1.54, 1.807) is 32.9 Å². The minimum Gasteiger partial charge on any atom is -0.390 e. The fourth-order valence-corrected chi connectivity index (χ4v) is 11.4. The van der Waals surface area contributed by atoms with E-state index in [4.69, 9.17) is 9.47 Å². The standard InChI is InChI=1S/C47H56BrFN2O9/c1-27(19-38(55)28(2)50-18-6-9-35(54)25-48)42(58)51-33-8-5-7-30(21-33)20-29-10-12-31(13-11-29)43-59-41-23-37-36-15-14-32-22-34(53)16-17-44(32,3)46(36,49)39(56)24-45(37,4)47(41,60-43)40(57)26-52/h5,7-8,10-13,16-17,21-22,27-28,36-37,39,41,43,50,52,56H,6,9,14-15,18-20,23-26H2,1-4H3,(H,51,58)/t27-,28+,36+,37+,39+,41-,43-,44+,45+,46+,47-/m1/s1. The Morgan fingerprint density at radius 1 is 1.05 bits per heavy atom. The summed E-state index contributed by atoms with van der Waals surface area (Å²) < 4.78 is 30.9. The Morgan fingerprint density at radius 3 is 2.52 bits per heavy atom.